The number of aromatic hydroxyl groups is 1. The summed E-state index contributed by atoms with van der Waals surface area (Å²) in [5.41, 5.74) is 4.41. The van der Waals surface area contributed by atoms with Gasteiger partial charge in [0.05, 0.1) is 11.3 Å². The van der Waals surface area contributed by atoms with E-state index in [0.717, 1.165) is 12.1 Å². The molecule has 0 radical (unpaired) electrons. The second-order valence-electron chi connectivity index (χ2n) is 4.46. The van der Waals surface area contributed by atoms with Gasteiger partial charge >= 0.3 is 0 Å². The minimum atomic E-state index is -0.853. The van der Waals surface area contributed by atoms with Crippen molar-refractivity contribution in [3.8, 4) is 17.0 Å². The maximum atomic E-state index is 13.2. The van der Waals surface area contributed by atoms with E-state index in [4.69, 9.17) is 11.1 Å². The molecular weight excluding hydrogens is 280 g/mol. The van der Waals surface area contributed by atoms with Crippen LogP contribution in [0.4, 0.5) is 14.6 Å². The van der Waals surface area contributed by atoms with Crippen LogP contribution in [-0.2, 0) is 0 Å². The highest BCUT2D eigenvalue weighted by molar-refractivity contribution is 6.02. The molecule has 1 aromatic carbocycles. The van der Waals surface area contributed by atoms with Crippen LogP contribution in [0.25, 0.3) is 11.3 Å². The molecule has 0 aliphatic heterocycles. The van der Waals surface area contributed by atoms with Crippen LogP contribution in [0.15, 0.2) is 23.0 Å². The van der Waals surface area contributed by atoms with Crippen LogP contribution in [0.5, 0.6) is 5.75 Å². The summed E-state index contributed by atoms with van der Waals surface area (Å²) in [7, 11) is 0. The fourth-order valence-electron chi connectivity index (χ4n) is 1.99. The van der Waals surface area contributed by atoms with Gasteiger partial charge in [0, 0.05) is 17.3 Å². The number of anilines is 1. The summed E-state index contributed by atoms with van der Waals surface area (Å²) in [5, 5.41) is 17.6. The van der Waals surface area contributed by atoms with Gasteiger partial charge in [-0.25, -0.2) is 8.78 Å². The average Bonchev–Trinajstić information content (AvgIpc) is 2.41. The summed E-state index contributed by atoms with van der Waals surface area (Å²) >= 11 is 0. The van der Waals surface area contributed by atoms with Gasteiger partial charge in [0.2, 0.25) is 5.43 Å². The molecule has 0 saturated heterocycles. The topological polar surface area (TPSA) is 103 Å². The van der Waals surface area contributed by atoms with E-state index in [1.165, 1.54) is 0 Å². The Balaban J connectivity index is 2.73. The van der Waals surface area contributed by atoms with Crippen LogP contribution in [0.2, 0.25) is 0 Å². The number of halogens is 2. The van der Waals surface area contributed by atoms with Crippen molar-refractivity contribution in [1.29, 1.82) is 5.41 Å². The lowest BCUT2D eigenvalue weighted by Crippen LogP contribution is -2.19. The zero-order chi connectivity index (χ0) is 15.7. The first-order valence-electron chi connectivity index (χ1n) is 6.14. The molecule has 2 aromatic rings. The summed E-state index contributed by atoms with van der Waals surface area (Å²) in [4.78, 5) is 14.6. The Morgan fingerprint density at radius 2 is 1.90 bits per heavy atom. The molecule has 5 nitrogen and oxygen atoms in total. The summed E-state index contributed by atoms with van der Waals surface area (Å²) in [6.07, 6.45) is 0.251. The first-order valence-corrected chi connectivity index (χ1v) is 6.14. The first-order chi connectivity index (χ1) is 9.85. The lowest BCUT2D eigenvalue weighted by atomic mass is 10.0. The van der Waals surface area contributed by atoms with Crippen molar-refractivity contribution < 1.29 is 13.9 Å². The van der Waals surface area contributed by atoms with Gasteiger partial charge in [-0.15, -0.1) is 0 Å². The average molecular weight is 293 g/mol. The van der Waals surface area contributed by atoms with Gasteiger partial charge in [0.15, 0.2) is 5.75 Å². The van der Waals surface area contributed by atoms with Crippen molar-refractivity contribution in [2.45, 2.75) is 13.3 Å². The highest BCUT2D eigenvalue weighted by atomic mass is 19.1. The second kappa shape index (κ2) is 5.35. The molecule has 0 fully saturated rings. The van der Waals surface area contributed by atoms with Crippen LogP contribution < -0.4 is 11.2 Å². The van der Waals surface area contributed by atoms with E-state index in [1.54, 1.807) is 6.92 Å². The van der Waals surface area contributed by atoms with Gasteiger partial charge in [-0.3, -0.25) is 4.79 Å². The fourth-order valence-corrected chi connectivity index (χ4v) is 1.99. The molecule has 0 unspecified atom stereocenters. The lowest BCUT2D eigenvalue weighted by Gasteiger charge is -2.11. The number of nitrogens with one attached hydrogen (secondary N) is 2. The number of aromatic amines is 1. The van der Waals surface area contributed by atoms with E-state index < -0.39 is 22.8 Å². The normalized spacial score (nSPS) is 10.6. The Labute approximate surface area is 118 Å². The van der Waals surface area contributed by atoms with Crippen LogP contribution in [0, 0.1) is 17.0 Å². The first kappa shape index (κ1) is 14.7. The number of hydrogen-bond donors (Lipinski definition) is 4. The van der Waals surface area contributed by atoms with Gasteiger partial charge in [-0.05, 0) is 18.6 Å². The van der Waals surface area contributed by atoms with E-state index in [2.05, 4.69) is 4.98 Å². The predicted octanol–water partition coefficient (Wildman–Crippen LogP) is 2.39. The number of aromatic nitrogens is 1. The number of nitrogens with two attached hydrogens (primary N) is 1. The van der Waals surface area contributed by atoms with Crippen molar-refractivity contribution in [3.05, 3.63) is 45.6 Å². The number of pyridine rings is 1. The van der Waals surface area contributed by atoms with Crippen molar-refractivity contribution in [1.82, 2.24) is 4.98 Å². The Bertz CT molecular complexity index is 764. The molecule has 1 aromatic heterocycles. The molecule has 5 N–H and O–H groups in total. The molecule has 0 amide bonds. The molecule has 1 heterocycles. The number of hydrogen-bond acceptors (Lipinski definition) is 4. The summed E-state index contributed by atoms with van der Waals surface area (Å²) in [6, 6.07) is 2.58. The molecule has 21 heavy (non-hydrogen) atoms. The minimum Gasteiger partial charge on any atom is -0.503 e. The van der Waals surface area contributed by atoms with Gasteiger partial charge in [0.25, 0.3) is 0 Å². The van der Waals surface area contributed by atoms with Crippen molar-refractivity contribution >= 4 is 11.5 Å². The summed E-state index contributed by atoms with van der Waals surface area (Å²) < 4.78 is 26.5. The Hall–Kier alpha value is -2.70. The highest BCUT2D eigenvalue weighted by Gasteiger charge is 2.19. The molecule has 0 aliphatic rings. The predicted molar refractivity (Wildman–Crippen MR) is 75.6 cm³/mol. The maximum Gasteiger partial charge on any atom is 0.234 e. The second-order valence-corrected chi connectivity index (χ2v) is 4.46. The molecule has 0 aliphatic carbocycles. The van der Waals surface area contributed by atoms with Crippen molar-refractivity contribution in [2.75, 3.05) is 5.73 Å². The molecule has 0 spiro atoms. The van der Waals surface area contributed by atoms with Crippen LogP contribution in [0.1, 0.15) is 18.9 Å². The standard InChI is InChI=1S/C14H13F2N3O2/c1-2-9(17)10-12(20)13(21)11(19-14(10)18)6-3-7(15)5-8(16)4-6/h3-5,17,21H,2H2,1H3,(H3,18,19,20). The van der Waals surface area contributed by atoms with Crippen molar-refractivity contribution in [3.63, 3.8) is 0 Å². The van der Waals surface area contributed by atoms with Gasteiger partial charge in [0.1, 0.15) is 17.5 Å². The zero-order valence-electron chi connectivity index (χ0n) is 11.1. The largest absolute Gasteiger partial charge is 0.503 e. The maximum absolute atomic E-state index is 13.2. The van der Waals surface area contributed by atoms with E-state index in [-0.39, 0.29) is 34.8 Å². The lowest BCUT2D eigenvalue weighted by molar-refractivity contribution is 0.470. The Kier molecular flexibility index (Phi) is 3.75. The molecule has 0 bridgehead atoms. The number of nitrogen functional groups attached to an aromatic ring is 1. The third-order valence-electron chi connectivity index (χ3n) is 3.01. The fraction of sp³-hybridized carbons (Fsp3) is 0.143. The number of benzene rings is 1. The molecule has 0 saturated carbocycles. The Morgan fingerprint density at radius 1 is 1.33 bits per heavy atom. The van der Waals surface area contributed by atoms with Gasteiger partial charge in [-0.2, -0.15) is 0 Å². The number of H-pyrrole nitrogens is 1. The smallest absolute Gasteiger partial charge is 0.234 e. The molecular formula is C14H13F2N3O2. The Morgan fingerprint density at radius 3 is 2.43 bits per heavy atom. The summed E-state index contributed by atoms with van der Waals surface area (Å²) in [6.45, 7) is 1.66. The molecule has 2 rings (SSSR count). The molecule has 0 atom stereocenters. The van der Waals surface area contributed by atoms with Crippen molar-refractivity contribution in [2.24, 2.45) is 0 Å². The monoisotopic (exact) mass is 293 g/mol. The minimum absolute atomic E-state index is 0.0407. The quantitative estimate of drug-likeness (QED) is 0.653. The molecule has 110 valence electrons. The van der Waals surface area contributed by atoms with Gasteiger partial charge in [-0.1, -0.05) is 6.92 Å². The summed E-state index contributed by atoms with van der Waals surface area (Å²) in [5.74, 6) is -2.57. The van der Waals surface area contributed by atoms with Crippen LogP contribution >= 0.6 is 0 Å². The zero-order valence-corrected chi connectivity index (χ0v) is 11.1. The van der Waals surface area contributed by atoms with E-state index in [0.29, 0.717) is 6.07 Å². The highest BCUT2D eigenvalue weighted by Crippen LogP contribution is 2.28. The van der Waals surface area contributed by atoms with Crippen LogP contribution in [0.3, 0.4) is 0 Å². The van der Waals surface area contributed by atoms with E-state index >= 15 is 0 Å². The third kappa shape index (κ3) is 2.62. The SMILES string of the molecule is CCC(=N)c1c(N)[nH]c(-c2cc(F)cc(F)c2)c(O)c1=O. The molecule has 7 heteroatoms. The van der Waals surface area contributed by atoms with Gasteiger partial charge < -0.3 is 21.2 Å². The number of rotatable bonds is 3. The van der Waals surface area contributed by atoms with E-state index in [1.807, 2.05) is 0 Å². The third-order valence-corrected chi connectivity index (χ3v) is 3.01. The van der Waals surface area contributed by atoms with Crippen LogP contribution in [-0.4, -0.2) is 15.8 Å². The van der Waals surface area contributed by atoms with E-state index in [9.17, 15) is 18.7 Å².